The van der Waals surface area contributed by atoms with Crippen LogP contribution in [0.15, 0.2) is 54.6 Å². The van der Waals surface area contributed by atoms with Gasteiger partial charge < -0.3 is 4.74 Å². The fourth-order valence-corrected chi connectivity index (χ4v) is 1.60. The van der Waals surface area contributed by atoms with Crippen molar-refractivity contribution in [3.05, 3.63) is 65.7 Å². The van der Waals surface area contributed by atoms with Crippen LogP contribution >= 0.6 is 0 Å². The lowest BCUT2D eigenvalue weighted by Crippen LogP contribution is -2.20. The van der Waals surface area contributed by atoms with Gasteiger partial charge in [-0.05, 0) is 23.3 Å². The molecule has 88 valence electrons. The molecule has 3 N–H and O–H groups in total. The van der Waals surface area contributed by atoms with Gasteiger partial charge in [0.2, 0.25) is 0 Å². The molecular formula is C14H16N2O. The highest BCUT2D eigenvalue weighted by molar-refractivity contribution is 5.28. The van der Waals surface area contributed by atoms with Crippen LogP contribution in [0.3, 0.4) is 0 Å². The molecule has 0 saturated carbocycles. The maximum absolute atomic E-state index is 5.71. The van der Waals surface area contributed by atoms with Crippen LogP contribution in [0.5, 0.6) is 5.75 Å². The Morgan fingerprint density at radius 2 is 1.71 bits per heavy atom. The van der Waals surface area contributed by atoms with Gasteiger partial charge in [0, 0.05) is 6.54 Å². The number of nitrogens with one attached hydrogen (secondary N) is 1. The minimum atomic E-state index is 0.584. The van der Waals surface area contributed by atoms with E-state index in [1.54, 1.807) is 0 Å². The number of hydrogen-bond donors (Lipinski definition) is 2. The third kappa shape index (κ3) is 3.59. The van der Waals surface area contributed by atoms with Gasteiger partial charge >= 0.3 is 0 Å². The van der Waals surface area contributed by atoms with Crippen molar-refractivity contribution < 1.29 is 4.74 Å². The van der Waals surface area contributed by atoms with Gasteiger partial charge in [-0.15, -0.1) is 0 Å². The van der Waals surface area contributed by atoms with Crippen molar-refractivity contribution in [2.24, 2.45) is 5.84 Å². The SMILES string of the molecule is NNCc1cccc(OCc2ccccc2)c1. The van der Waals surface area contributed by atoms with Gasteiger partial charge in [0.1, 0.15) is 12.4 Å². The average molecular weight is 228 g/mol. The number of hydrogen-bond acceptors (Lipinski definition) is 3. The van der Waals surface area contributed by atoms with E-state index >= 15 is 0 Å². The Bertz CT molecular complexity index is 457. The molecule has 2 aromatic rings. The molecule has 0 unspecified atom stereocenters. The Morgan fingerprint density at radius 3 is 2.47 bits per heavy atom. The Morgan fingerprint density at radius 1 is 0.941 bits per heavy atom. The highest BCUT2D eigenvalue weighted by Crippen LogP contribution is 2.14. The lowest BCUT2D eigenvalue weighted by molar-refractivity contribution is 0.306. The summed E-state index contributed by atoms with van der Waals surface area (Å²) >= 11 is 0. The van der Waals surface area contributed by atoms with Crippen molar-refractivity contribution in [2.45, 2.75) is 13.2 Å². The van der Waals surface area contributed by atoms with E-state index in [9.17, 15) is 0 Å². The molecular weight excluding hydrogens is 212 g/mol. The van der Waals surface area contributed by atoms with Gasteiger partial charge in [-0.25, -0.2) is 0 Å². The van der Waals surface area contributed by atoms with Crippen LogP contribution in [0.2, 0.25) is 0 Å². The summed E-state index contributed by atoms with van der Waals surface area (Å²) in [6, 6.07) is 18.0. The first kappa shape index (κ1) is 11.6. The minimum absolute atomic E-state index is 0.584. The number of benzene rings is 2. The van der Waals surface area contributed by atoms with Gasteiger partial charge in [-0.3, -0.25) is 11.3 Å². The van der Waals surface area contributed by atoms with Crippen LogP contribution in [0.1, 0.15) is 11.1 Å². The van der Waals surface area contributed by atoms with Crippen LogP contribution in [0.25, 0.3) is 0 Å². The molecule has 17 heavy (non-hydrogen) atoms. The standard InChI is InChI=1S/C14H16N2O/c15-16-10-13-7-4-8-14(9-13)17-11-12-5-2-1-3-6-12/h1-9,16H,10-11,15H2. The van der Waals surface area contributed by atoms with Gasteiger partial charge in [-0.2, -0.15) is 0 Å². The molecule has 0 aromatic heterocycles. The molecule has 0 atom stereocenters. The zero-order valence-electron chi connectivity index (χ0n) is 9.60. The maximum atomic E-state index is 5.71. The largest absolute Gasteiger partial charge is 0.489 e. The highest BCUT2D eigenvalue weighted by Gasteiger charge is 1.97. The Labute approximate surface area is 101 Å². The Balaban J connectivity index is 1.97. The van der Waals surface area contributed by atoms with Crippen molar-refractivity contribution in [3.8, 4) is 5.75 Å². The van der Waals surface area contributed by atoms with Gasteiger partial charge in [0.25, 0.3) is 0 Å². The van der Waals surface area contributed by atoms with E-state index in [-0.39, 0.29) is 0 Å². The van der Waals surface area contributed by atoms with E-state index in [1.807, 2.05) is 54.6 Å². The van der Waals surface area contributed by atoms with Crippen molar-refractivity contribution >= 4 is 0 Å². The number of rotatable bonds is 5. The van der Waals surface area contributed by atoms with E-state index in [0.717, 1.165) is 16.9 Å². The molecule has 2 rings (SSSR count). The van der Waals surface area contributed by atoms with E-state index in [2.05, 4.69) is 5.43 Å². The van der Waals surface area contributed by atoms with E-state index < -0.39 is 0 Å². The fourth-order valence-electron chi connectivity index (χ4n) is 1.60. The van der Waals surface area contributed by atoms with Gasteiger partial charge in [0.05, 0.1) is 0 Å². The van der Waals surface area contributed by atoms with E-state index in [1.165, 1.54) is 0 Å². The first-order valence-electron chi connectivity index (χ1n) is 5.57. The van der Waals surface area contributed by atoms with E-state index in [0.29, 0.717) is 13.2 Å². The average Bonchev–Trinajstić information content (AvgIpc) is 2.39. The monoisotopic (exact) mass is 228 g/mol. The van der Waals surface area contributed by atoms with Crippen LogP contribution in [0, 0.1) is 0 Å². The first-order chi connectivity index (χ1) is 8.38. The summed E-state index contributed by atoms with van der Waals surface area (Å²) in [5.74, 6) is 6.15. The van der Waals surface area contributed by atoms with Crippen LogP contribution in [-0.2, 0) is 13.2 Å². The van der Waals surface area contributed by atoms with Crippen LogP contribution < -0.4 is 16.0 Å². The van der Waals surface area contributed by atoms with E-state index in [4.69, 9.17) is 10.6 Å². The smallest absolute Gasteiger partial charge is 0.120 e. The lowest BCUT2D eigenvalue weighted by atomic mass is 10.2. The van der Waals surface area contributed by atoms with Crippen molar-refractivity contribution in [1.29, 1.82) is 0 Å². The molecule has 3 heteroatoms. The molecule has 0 aliphatic heterocycles. The quantitative estimate of drug-likeness (QED) is 0.609. The normalized spacial score (nSPS) is 10.2. The fraction of sp³-hybridized carbons (Fsp3) is 0.143. The summed E-state index contributed by atoms with van der Waals surface area (Å²) in [6.45, 7) is 1.23. The summed E-state index contributed by atoms with van der Waals surface area (Å²) in [5.41, 5.74) is 4.90. The maximum Gasteiger partial charge on any atom is 0.120 e. The molecule has 0 amide bonds. The van der Waals surface area contributed by atoms with Crippen molar-refractivity contribution in [1.82, 2.24) is 5.43 Å². The second kappa shape index (κ2) is 6.03. The zero-order chi connectivity index (χ0) is 11.9. The number of hydrazine groups is 1. The molecule has 0 aliphatic rings. The summed E-state index contributed by atoms with van der Waals surface area (Å²) in [7, 11) is 0. The topological polar surface area (TPSA) is 47.3 Å². The molecule has 3 nitrogen and oxygen atoms in total. The minimum Gasteiger partial charge on any atom is -0.489 e. The molecule has 2 aromatic carbocycles. The van der Waals surface area contributed by atoms with Crippen molar-refractivity contribution in [3.63, 3.8) is 0 Å². The lowest BCUT2D eigenvalue weighted by Gasteiger charge is -2.07. The van der Waals surface area contributed by atoms with Crippen molar-refractivity contribution in [2.75, 3.05) is 0 Å². The molecule has 0 heterocycles. The summed E-state index contributed by atoms with van der Waals surface area (Å²) in [6.07, 6.45) is 0. The van der Waals surface area contributed by atoms with Gasteiger partial charge in [-0.1, -0.05) is 42.5 Å². The molecule has 0 radical (unpaired) electrons. The first-order valence-corrected chi connectivity index (χ1v) is 5.57. The second-order valence-corrected chi connectivity index (χ2v) is 3.80. The van der Waals surface area contributed by atoms with Gasteiger partial charge in [0.15, 0.2) is 0 Å². The third-order valence-corrected chi connectivity index (χ3v) is 2.45. The molecule has 0 bridgehead atoms. The number of ether oxygens (including phenoxy) is 1. The molecule has 0 spiro atoms. The molecule has 0 saturated heterocycles. The van der Waals surface area contributed by atoms with Crippen LogP contribution in [-0.4, -0.2) is 0 Å². The zero-order valence-corrected chi connectivity index (χ0v) is 9.60. The van der Waals surface area contributed by atoms with Crippen LogP contribution in [0.4, 0.5) is 0 Å². The summed E-state index contributed by atoms with van der Waals surface area (Å²) in [5, 5.41) is 0. The predicted molar refractivity (Wildman–Crippen MR) is 68.2 cm³/mol. The predicted octanol–water partition coefficient (Wildman–Crippen LogP) is 2.23. The third-order valence-electron chi connectivity index (χ3n) is 2.45. The second-order valence-electron chi connectivity index (χ2n) is 3.80. The number of nitrogens with two attached hydrogens (primary N) is 1. The Hall–Kier alpha value is -1.84. The highest BCUT2D eigenvalue weighted by atomic mass is 16.5. The summed E-state index contributed by atoms with van der Waals surface area (Å²) < 4.78 is 5.71. The molecule has 0 fully saturated rings. The summed E-state index contributed by atoms with van der Waals surface area (Å²) in [4.78, 5) is 0. The Kier molecular flexibility index (Phi) is 4.13. The molecule has 0 aliphatic carbocycles.